The fourth-order valence-corrected chi connectivity index (χ4v) is 14.8. The summed E-state index contributed by atoms with van der Waals surface area (Å²) in [6.07, 6.45) is 17.2. The second kappa shape index (κ2) is 26.8. The number of rotatable bonds is 8. The van der Waals surface area contributed by atoms with Gasteiger partial charge in [0.25, 0.3) is 0 Å². The third kappa shape index (κ3) is 12.3. The molecule has 0 amide bonds. The maximum absolute atomic E-state index is 5.56. The van der Waals surface area contributed by atoms with Gasteiger partial charge in [-0.3, -0.25) is 0 Å². The second-order valence-corrected chi connectivity index (χ2v) is 27.9. The Morgan fingerprint density at radius 3 is 0.472 bits per heavy atom. The van der Waals surface area contributed by atoms with Crippen molar-refractivity contribution in [2.24, 2.45) is 0 Å². The van der Waals surface area contributed by atoms with E-state index in [9.17, 15) is 0 Å². The van der Waals surface area contributed by atoms with E-state index in [0.717, 1.165) is 190 Å². The summed E-state index contributed by atoms with van der Waals surface area (Å²) in [4.78, 5) is 37.8. The van der Waals surface area contributed by atoms with Crippen molar-refractivity contribution < 1.29 is 0 Å². The van der Waals surface area contributed by atoms with Crippen molar-refractivity contribution in [2.75, 3.05) is 0 Å². The molecule has 4 aliphatic rings. The Hall–Kier alpha value is -13.9. The molecule has 0 unspecified atom stereocenters. The minimum absolute atomic E-state index is 0.831. The lowest BCUT2D eigenvalue weighted by atomic mass is 10.0. The summed E-state index contributed by atoms with van der Waals surface area (Å²) in [5, 5.41) is 0. The summed E-state index contributed by atoms with van der Waals surface area (Å²) >= 11 is 0. The predicted octanol–water partition coefficient (Wildman–Crippen LogP) is 24.2. The summed E-state index contributed by atoms with van der Waals surface area (Å²) < 4.78 is 0. The highest BCUT2D eigenvalue weighted by Crippen LogP contribution is 2.42. The number of fused-ring (bicyclic) bond motifs is 16. The number of nitrogens with zero attached hydrogens (tertiary/aromatic N) is 4. The van der Waals surface area contributed by atoms with Crippen molar-refractivity contribution in [3.63, 3.8) is 0 Å². The van der Waals surface area contributed by atoms with E-state index in [1.54, 1.807) is 0 Å². The molecule has 0 saturated carbocycles. The molecule has 0 fully saturated rings. The van der Waals surface area contributed by atoms with Gasteiger partial charge in [-0.2, -0.15) is 0 Å². The molecule has 8 nitrogen and oxygen atoms in total. The van der Waals surface area contributed by atoms with Gasteiger partial charge in [0.05, 0.1) is 45.6 Å². The Morgan fingerprint density at radius 1 is 0.179 bits per heavy atom. The maximum atomic E-state index is 5.56. The number of nitrogens with one attached hydrogen (secondary N) is 4. The van der Waals surface area contributed by atoms with Crippen LogP contribution in [-0.4, -0.2) is 39.9 Å². The molecule has 4 aliphatic heterocycles. The van der Waals surface area contributed by atoms with Crippen LogP contribution in [-0.2, 0) is 0 Å². The van der Waals surface area contributed by atoms with E-state index in [4.69, 9.17) is 19.9 Å². The van der Waals surface area contributed by atoms with Crippen LogP contribution in [0.2, 0.25) is 0 Å². The Morgan fingerprint density at radius 2 is 0.321 bits per heavy atom. The standard InChI is InChI=1S/C98H70N8/c1-59-11-27-67(28-12-59)91-75-43-47-79(99-75)93(69-31-15-61(3)16-32-69)83-51-55-87(103-83)97(88-56-52-84(104-88)94(80-48-44-76(91)100-80)70-33-17-62(4)18-34-70)73-39-23-65(24-40-73)9-7-8-10-66-25-41-74(42-26-66)98-89-57-53-85(105-89)95(71-35-19-63(5)20-36-71)81-49-45-77(101-81)92(68-29-13-60(2)14-30-68)78-46-50-82(102-78)96(86-54-58-90(98)106-86)72-37-21-64(6)22-38-72/h11-58,99,101,104,106H,1-6H3. The van der Waals surface area contributed by atoms with Gasteiger partial charge in [0.2, 0.25) is 0 Å². The summed E-state index contributed by atoms with van der Waals surface area (Å²) in [5.74, 6) is 13.1. The zero-order chi connectivity index (χ0) is 71.5. The average Bonchev–Trinajstić information content (AvgIpc) is 1.62. The minimum atomic E-state index is 0.831. The Bertz CT molecular complexity index is 6050. The van der Waals surface area contributed by atoms with Crippen LogP contribution in [0.3, 0.4) is 0 Å². The van der Waals surface area contributed by atoms with E-state index in [0.29, 0.717) is 0 Å². The largest absolute Gasteiger partial charge is 0.354 e. The van der Waals surface area contributed by atoms with Crippen LogP contribution < -0.4 is 0 Å². The average molecular weight is 1360 g/mol. The van der Waals surface area contributed by atoms with Gasteiger partial charge in [0.15, 0.2) is 0 Å². The van der Waals surface area contributed by atoms with Gasteiger partial charge < -0.3 is 19.9 Å². The van der Waals surface area contributed by atoms with Crippen LogP contribution in [0.15, 0.2) is 243 Å². The molecule has 18 rings (SSSR count). The highest BCUT2D eigenvalue weighted by molar-refractivity contribution is 6.03. The Balaban J connectivity index is 0.735. The zero-order valence-electron chi connectivity index (χ0n) is 59.5. The van der Waals surface area contributed by atoms with Gasteiger partial charge >= 0.3 is 0 Å². The number of aromatic nitrogens is 8. The number of hydrogen-bond acceptors (Lipinski definition) is 4. The van der Waals surface area contributed by atoms with Crippen molar-refractivity contribution in [1.82, 2.24) is 39.9 Å². The highest BCUT2D eigenvalue weighted by atomic mass is 14.8. The lowest BCUT2D eigenvalue weighted by Gasteiger charge is -2.07. The molecule has 0 saturated heterocycles. The number of H-pyrrole nitrogens is 4. The zero-order valence-corrected chi connectivity index (χ0v) is 59.5. The molecule has 14 aromatic rings. The van der Waals surface area contributed by atoms with Crippen LogP contribution in [0.4, 0.5) is 0 Å². The van der Waals surface area contributed by atoms with Gasteiger partial charge in [0.1, 0.15) is 0 Å². The molecule has 0 spiro atoms. The lowest BCUT2D eigenvalue weighted by molar-refractivity contribution is 1.31. The van der Waals surface area contributed by atoms with E-state index < -0.39 is 0 Å². The molecule has 106 heavy (non-hydrogen) atoms. The highest BCUT2D eigenvalue weighted by Gasteiger charge is 2.23. The number of benzene rings is 8. The van der Waals surface area contributed by atoms with Crippen LogP contribution in [0, 0.1) is 65.2 Å². The second-order valence-electron chi connectivity index (χ2n) is 27.9. The molecule has 0 aliphatic carbocycles. The van der Waals surface area contributed by atoms with E-state index in [1.165, 1.54) is 33.4 Å². The first-order chi connectivity index (χ1) is 51.9. The van der Waals surface area contributed by atoms with Crippen molar-refractivity contribution >= 4 is 92.7 Å². The van der Waals surface area contributed by atoms with Crippen LogP contribution in [0.1, 0.15) is 90.1 Å². The number of hydrogen-bond donors (Lipinski definition) is 4. The molecule has 16 bridgehead atoms. The third-order valence-corrected chi connectivity index (χ3v) is 20.4. The van der Waals surface area contributed by atoms with E-state index in [2.05, 4.69) is 376 Å². The molecule has 10 heterocycles. The van der Waals surface area contributed by atoms with E-state index in [1.807, 2.05) is 0 Å². The Labute approximate surface area is 615 Å². The van der Waals surface area contributed by atoms with Crippen molar-refractivity contribution in [3.8, 4) is 113 Å². The normalized spacial score (nSPS) is 11.9. The minimum Gasteiger partial charge on any atom is -0.354 e. The first-order valence-electron chi connectivity index (χ1n) is 35.9. The summed E-state index contributed by atoms with van der Waals surface area (Å²) in [5.41, 5.74) is 39.5. The first kappa shape index (κ1) is 64.2. The van der Waals surface area contributed by atoms with Crippen molar-refractivity contribution in [2.45, 2.75) is 41.5 Å². The SMILES string of the molecule is Cc1ccc(-c2c3nc(c(-c4ccc(C)cc4)c4ccc([nH]4)c(-c4ccc(C#CC#Cc5ccc(-c6c7nc(c(-c8ccc(C)cc8)c8ccc([nH]8)c(-c8ccc(C)cc8)c8nc(c(-c9ccc(C)cc9)c9ccc6[nH]9)C=C8)C=C7)cc5)cc4)c4nc(c(-c5ccc(C)cc5)c5ccc2[nH]5)C=C4)C=C3)cc1. The topological polar surface area (TPSA) is 115 Å². The van der Waals surface area contributed by atoms with Gasteiger partial charge in [0, 0.05) is 99.8 Å². The third-order valence-electron chi connectivity index (χ3n) is 20.4. The van der Waals surface area contributed by atoms with Gasteiger partial charge in [-0.25, -0.2) is 19.9 Å². The molecular weight excluding hydrogens is 1290 g/mol. The fourth-order valence-electron chi connectivity index (χ4n) is 14.8. The molecule has 6 aromatic heterocycles. The molecular formula is C98H70N8. The van der Waals surface area contributed by atoms with Crippen LogP contribution in [0.25, 0.3) is 182 Å². The number of aromatic amines is 4. The lowest BCUT2D eigenvalue weighted by Crippen LogP contribution is -1.90. The molecule has 0 radical (unpaired) electrons. The fraction of sp³-hybridized carbons (Fsp3) is 0.0612. The van der Waals surface area contributed by atoms with Gasteiger partial charge in [-0.15, -0.1) is 0 Å². The van der Waals surface area contributed by atoms with Gasteiger partial charge in [-0.05, 0) is 219 Å². The summed E-state index contributed by atoms with van der Waals surface area (Å²) in [6, 6.07) is 86.4. The molecule has 8 heteroatoms. The van der Waals surface area contributed by atoms with E-state index in [-0.39, 0.29) is 0 Å². The van der Waals surface area contributed by atoms with Crippen molar-refractivity contribution in [3.05, 3.63) is 333 Å². The summed E-state index contributed by atoms with van der Waals surface area (Å²) in [6.45, 7) is 12.7. The molecule has 4 N–H and O–H groups in total. The van der Waals surface area contributed by atoms with E-state index >= 15 is 0 Å². The Kier molecular flexibility index (Phi) is 16.2. The molecule has 8 aromatic carbocycles. The van der Waals surface area contributed by atoms with Gasteiger partial charge in [-0.1, -0.05) is 215 Å². The predicted molar refractivity (Wildman–Crippen MR) is 443 cm³/mol. The molecule has 0 atom stereocenters. The number of aryl methyl sites for hydroxylation is 6. The van der Waals surface area contributed by atoms with Crippen LogP contribution >= 0.6 is 0 Å². The maximum Gasteiger partial charge on any atom is 0.0737 e. The quantitative estimate of drug-likeness (QED) is 0.113. The molecule has 502 valence electrons. The summed E-state index contributed by atoms with van der Waals surface area (Å²) in [7, 11) is 0. The van der Waals surface area contributed by atoms with Crippen LogP contribution in [0.5, 0.6) is 0 Å². The smallest absolute Gasteiger partial charge is 0.0737 e. The monoisotopic (exact) mass is 1360 g/mol. The first-order valence-corrected chi connectivity index (χ1v) is 35.9. The van der Waals surface area contributed by atoms with Crippen molar-refractivity contribution in [1.29, 1.82) is 0 Å².